The van der Waals surface area contributed by atoms with Crippen LogP contribution in [0.3, 0.4) is 0 Å². The van der Waals surface area contributed by atoms with Crippen LogP contribution in [-0.2, 0) is 6.42 Å². The molecule has 1 amide bonds. The van der Waals surface area contributed by atoms with Crippen LogP contribution in [0.15, 0.2) is 22.0 Å². The number of amides is 1. The van der Waals surface area contributed by atoms with Crippen molar-refractivity contribution in [2.75, 3.05) is 13.1 Å². The highest BCUT2D eigenvalue weighted by Crippen LogP contribution is 2.31. The van der Waals surface area contributed by atoms with Gasteiger partial charge in [-0.05, 0) is 50.1 Å². The standard InChI is InChI=1S/C16H20N4O2S/c21-15(17-11-5-6-11)14-18-16(22-19-14)13-4-1-8-20(13)9-7-12-3-2-10-23-12/h2-3,10-11,13H,1,4-9H2,(H,17,21). The van der Waals surface area contributed by atoms with Gasteiger partial charge < -0.3 is 9.84 Å². The Balaban J connectivity index is 1.39. The number of carbonyl (C=O) groups is 1. The highest BCUT2D eigenvalue weighted by atomic mass is 32.1. The van der Waals surface area contributed by atoms with Crippen molar-refractivity contribution in [3.8, 4) is 0 Å². The fourth-order valence-corrected chi connectivity index (χ4v) is 3.72. The van der Waals surface area contributed by atoms with E-state index in [4.69, 9.17) is 4.52 Å². The van der Waals surface area contributed by atoms with Crippen molar-refractivity contribution in [2.45, 2.75) is 44.2 Å². The molecule has 1 atom stereocenters. The molecule has 1 aliphatic heterocycles. The Labute approximate surface area is 138 Å². The first-order valence-corrected chi connectivity index (χ1v) is 9.08. The first-order chi connectivity index (χ1) is 11.3. The molecule has 1 aliphatic carbocycles. The average molecular weight is 332 g/mol. The zero-order valence-electron chi connectivity index (χ0n) is 12.9. The van der Waals surface area contributed by atoms with Gasteiger partial charge in [0.25, 0.3) is 11.7 Å². The van der Waals surface area contributed by atoms with Gasteiger partial charge >= 0.3 is 0 Å². The van der Waals surface area contributed by atoms with E-state index in [1.807, 2.05) is 0 Å². The molecule has 0 radical (unpaired) electrons. The summed E-state index contributed by atoms with van der Waals surface area (Å²) in [6.45, 7) is 2.03. The molecule has 2 aromatic heterocycles. The lowest BCUT2D eigenvalue weighted by Gasteiger charge is -2.20. The number of carbonyl (C=O) groups excluding carboxylic acids is 1. The summed E-state index contributed by atoms with van der Waals surface area (Å²) in [6.07, 6.45) is 5.28. The maximum absolute atomic E-state index is 12.0. The van der Waals surface area contributed by atoms with Crippen LogP contribution >= 0.6 is 11.3 Å². The van der Waals surface area contributed by atoms with E-state index in [0.29, 0.717) is 11.9 Å². The van der Waals surface area contributed by atoms with Crippen molar-refractivity contribution >= 4 is 17.2 Å². The molecule has 7 heteroatoms. The van der Waals surface area contributed by atoms with Crippen molar-refractivity contribution in [3.05, 3.63) is 34.1 Å². The Morgan fingerprint density at radius 2 is 2.35 bits per heavy atom. The molecular formula is C16H20N4O2S. The molecule has 2 aromatic rings. The Morgan fingerprint density at radius 1 is 1.43 bits per heavy atom. The number of thiophene rings is 1. The highest BCUT2D eigenvalue weighted by molar-refractivity contribution is 7.09. The smallest absolute Gasteiger partial charge is 0.292 e. The first kappa shape index (κ1) is 14.8. The second kappa shape index (κ2) is 6.41. The van der Waals surface area contributed by atoms with Crippen molar-refractivity contribution < 1.29 is 9.32 Å². The number of hydrogen-bond acceptors (Lipinski definition) is 6. The fourth-order valence-electron chi connectivity index (χ4n) is 3.02. The maximum atomic E-state index is 12.0. The van der Waals surface area contributed by atoms with Crippen LogP contribution in [0.5, 0.6) is 0 Å². The minimum Gasteiger partial charge on any atom is -0.346 e. The van der Waals surface area contributed by atoms with Crippen LogP contribution in [0, 0.1) is 0 Å². The molecule has 1 N–H and O–H groups in total. The molecule has 6 nitrogen and oxygen atoms in total. The normalized spacial score (nSPS) is 21.7. The molecule has 23 heavy (non-hydrogen) atoms. The number of rotatable bonds is 6. The molecular weight excluding hydrogens is 312 g/mol. The van der Waals surface area contributed by atoms with E-state index >= 15 is 0 Å². The van der Waals surface area contributed by atoms with Crippen LogP contribution in [0.4, 0.5) is 0 Å². The predicted octanol–water partition coefficient (Wildman–Crippen LogP) is 2.40. The Hall–Kier alpha value is -1.73. The molecule has 3 heterocycles. The van der Waals surface area contributed by atoms with E-state index in [2.05, 4.69) is 37.9 Å². The van der Waals surface area contributed by atoms with E-state index in [-0.39, 0.29) is 17.8 Å². The molecule has 4 rings (SSSR count). The van der Waals surface area contributed by atoms with Crippen LogP contribution in [0.25, 0.3) is 0 Å². The SMILES string of the molecule is O=C(NC1CC1)c1noc(C2CCCN2CCc2cccs2)n1. The molecule has 0 spiro atoms. The van der Waals surface area contributed by atoms with Gasteiger partial charge in [0, 0.05) is 17.5 Å². The largest absolute Gasteiger partial charge is 0.346 e. The van der Waals surface area contributed by atoms with Gasteiger partial charge in [-0.25, -0.2) is 0 Å². The third kappa shape index (κ3) is 3.45. The van der Waals surface area contributed by atoms with Gasteiger partial charge in [0.2, 0.25) is 5.89 Å². The number of aromatic nitrogens is 2. The third-order valence-electron chi connectivity index (χ3n) is 4.43. The summed E-state index contributed by atoms with van der Waals surface area (Å²) in [6, 6.07) is 4.70. The lowest BCUT2D eigenvalue weighted by Crippen LogP contribution is -2.27. The van der Waals surface area contributed by atoms with E-state index in [1.165, 1.54) is 4.88 Å². The van der Waals surface area contributed by atoms with Gasteiger partial charge in [-0.2, -0.15) is 4.98 Å². The second-order valence-electron chi connectivity index (χ2n) is 6.23. The van der Waals surface area contributed by atoms with E-state index < -0.39 is 0 Å². The summed E-state index contributed by atoms with van der Waals surface area (Å²) in [5, 5.41) is 8.87. The van der Waals surface area contributed by atoms with E-state index in [1.54, 1.807) is 11.3 Å². The van der Waals surface area contributed by atoms with Crippen molar-refractivity contribution in [3.63, 3.8) is 0 Å². The second-order valence-corrected chi connectivity index (χ2v) is 7.26. The zero-order chi connectivity index (χ0) is 15.6. The van der Waals surface area contributed by atoms with Crippen LogP contribution < -0.4 is 5.32 Å². The van der Waals surface area contributed by atoms with Gasteiger partial charge in [0.05, 0.1) is 6.04 Å². The molecule has 122 valence electrons. The van der Waals surface area contributed by atoms with Gasteiger partial charge in [-0.15, -0.1) is 11.3 Å². The molecule has 2 aliphatic rings. The lowest BCUT2D eigenvalue weighted by molar-refractivity contribution is 0.0937. The average Bonchev–Trinajstić information content (AvgIpc) is 3.05. The summed E-state index contributed by atoms with van der Waals surface area (Å²) in [5.74, 6) is 0.525. The Kier molecular flexibility index (Phi) is 4.13. The van der Waals surface area contributed by atoms with Crippen molar-refractivity contribution in [1.82, 2.24) is 20.4 Å². The van der Waals surface area contributed by atoms with Crippen LogP contribution in [0.1, 0.15) is 53.1 Å². The van der Waals surface area contributed by atoms with Gasteiger partial charge in [0.1, 0.15) is 0 Å². The minimum absolute atomic E-state index is 0.143. The summed E-state index contributed by atoms with van der Waals surface area (Å²) < 4.78 is 5.38. The van der Waals surface area contributed by atoms with Gasteiger partial charge in [0.15, 0.2) is 0 Å². The topological polar surface area (TPSA) is 71.3 Å². The molecule has 0 bridgehead atoms. The third-order valence-corrected chi connectivity index (χ3v) is 5.37. The van der Waals surface area contributed by atoms with E-state index in [0.717, 1.165) is 45.2 Å². The van der Waals surface area contributed by atoms with Gasteiger partial charge in [-0.1, -0.05) is 11.2 Å². The maximum Gasteiger partial charge on any atom is 0.292 e. The van der Waals surface area contributed by atoms with Crippen molar-refractivity contribution in [2.24, 2.45) is 0 Å². The van der Waals surface area contributed by atoms with Crippen LogP contribution in [-0.4, -0.2) is 40.1 Å². The minimum atomic E-state index is -0.217. The summed E-state index contributed by atoms with van der Waals surface area (Å²) in [4.78, 5) is 20.1. The molecule has 0 aromatic carbocycles. The lowest BCUT2D eigenvalue weighted by atomic mass is 10.2. The van der Waals surface area contributed by atoms with E-state index in [9.17, 15) is 4.79 Å². The van der Waals surface area contributed by atoms with Crippen LogP contribution in [0.2, 0.25) is 0 Å². The Bertz CT molecular complexity index is 665. The number of likely N-dealkylation sites (tertiary alicyclic amines) is 1. The molecule has 1 saturated carbocycles. The number of nitrogens with one attached hydrogen (secondary N) is 1. The number of hydrogen-bond donors (Lipinski definition) is 1. The monoisotopic (exact) mass is 332 g/mol. The summed E-state index contributed by atoms with van der Waals surface area (Å²) in [7, 11) is 0. The quantitative estimate of drug-likeness (QED) is 0.879. The summed E-state index contributed by atoms with van der Waals surface area (Å²) >= 11 is 1.79. The number of nitrogens with zero attached hydrogens (tertiary/aromatic N) is 3. The summed E-state index contributed by atoms with van der Waals surface area (Å²) in [5.41, 5.74) is 0. The zero-order valence-corrected chi connectivity index (χ0v) is 13.7. The van der Waals surface area contributed by atoms with Gasteiger partial charge in [-0.3, -0.25) is 9.69 Å². The molecule has 1 unspecified atom stereocenters. The predicted molar refractivity (Wildman–Crippen MR) is 86.4 cm³/mol. The molecule has 1 saturated heterocycles. The first-order valence-electron chi connectivity index (χ1n) is 8.20. The molecule has 2 fully saturated rings. The van der Waals surface area contributed by atoms with Crippen molar-refractivity contribution in [1.29, 1.82) is 0 Å². The fraction of sp³-hybridized carbons (Fsp3) is 0.562. The highest BCUT2D eigenvalue weighted by Gasteiger charge is 2.32. The Morgan fingerprint density at radius 3 is 3.13 bits per heavy atom.